The van der Waals surface area contributed by atoms with E-state index in [-0.39, 0.29) is 5.56 Å². The van der Waals surface area contributed by atoms with Crippen molar-refractivity contribution in [3.05, 3.63) is 16.0 Å². The zero-order chi connectivity index (χ0) is 11.9. The molecule has 1 aliphatic carbocycles. The van der Waals surface area contributed by atoms with Gasteiger partial charge in [-0.25, -0.2) is 4.68 Å². The Bertz CT molecular complexity index is 438. The lowest BCUT2D eigenvalue weighted by Crippen LogP contribution is -2.26. The monoisotopic (exact) mass is 223 g/mol. The SMILES string of the molecule is CCn1c(C2CC2)c(N)c(=O)n1CC(C)C. The molecule has 0 spiro atoms. The predicted molar refractivity (Wildman–Crippen MR) is 65.6 cm³/mol. The van der Waals surface area contributed by atoms with Crippen LogP contribution in [0.2, 0.25) is 0 Å². The first-order valence-corrected chi connectivity index (χ1v) is 6.15. The highest BCUT2D eigenvalue weighted by Gasteiger charge is 2.32. The highest BCUT2D eigenvalue weighted by atomic mass is 16.1. The molecule has 1 aromatic heterocycles. The van der Waals surface area contributed by atoms with Crippen molar-refractivity contribution in [2.45, 2.75) is 52.6 Å². The summed E-state index contributed by atoms with van der Waals surface area (Å²) in [7, 11) is 0. The number of rotatable bonds is 4. The molecule has 4 nitrogen and oxygen atoms in total. The van der Waals surface area contributed by atoms with Crippen molar-refractivity contribution < 1.29 is 0 Å². The van der Waals surface area contributed by atoms with E-state index in [0.717, 1.165) is 18.8 Å². The van der Waals surface area contributed by atoms with Crippen LogP contribution in [-0.4, -0.2) is 9.36 Å². The number of aromatic nitrogens is 2. The lowest BCUT2D eigenvalue weighted by molar-refractivity contribution is 0.388. The first-order valence-electron chi connectivity index (χ1n) is 6.15. The Balaban J connectivity index is 2.50. The molecular weight excluding hydrogens is 202 g/mol. The molecule has 1 heterocycles. The Labute approximate surface area is 96.0 Å². The molecular formula is C12H21N3O. The van der Waals surface area contributed by atoms with E-state index in [1.807, 2.05) is 4.68 Å². The Kier molecular flexibility index (Phi) is 2.82. The van der Waals surface area contributed by atoms with Crippen LogP contribution < -0.4 is 11.3 Å². The highest BCUT2D eigenvalue weighted by Crippen LogP contribution is 2.42. The smallest absolute Gasteiger partial charge is 0.290 e. The Morgan fingerprint density at radius 3 is 2.44 bits per heavy atom. The summed E-state index contributed by atoms with van der Waals surface area (Å²) in [6.07, 6.45) is 2.35. The van der Waals surface area contributed by atoms with Crippen LogP contribution in [-0.2, 0) is 13.1 Å². The molecule has 1 saturated carbocycles. The molecule has 0 unspecified atom stereocenters. The molecule has 0 atom stereocenters. The average molecular weight is 223 g/mol. The van der Waals surface area contributed by atoms with Gasteiger partial charge in [-0.1, -0.05) is 13.8 Å². The second kappa shape index (κ2) is 4.00. The highest BCUT2D eigenvalue weighted by molar-refractivity contribution is 5.45. The Morgan fingerprint density at radius 1 is 1.38 bits per heavy atom. The molecule has 1 fully saturated rings. The lowest BCUT2D eigenvalue weighted by Gasteiger charge is -2.14. The topological polar surface area (TPSA) is 52.9 Å². The van der Waals surface area contributed by atoms with Gasteiger partial charge >= 0.3 is 0 Å². The molecule has 4 heteroatoms. The van der Waals surface area contributed by atoms with Crippen molar-refractivity contribution in [3.8, 4) is 0 Å². The third-order valence-electron chi connectivity index (χ3n) is 3.11. The number of anilines is 1. The zero-order valence-electron chi connectivity index (χ0n) is 10.4. The second-order valence-corrected chi connectivity index (χ2v) is 5.07. The fraction of sp³-hybridized carbons (Fsp3) is 0.750. The summed E-state index contributed by atoms with van der Waals surface area (Å²) in [5, 5.41) is 0. The van der Waals surface area contributed by atoms with E-state index in [2.05, 4.69) is 25.5 Å². The predicted octanol–water partition coefficient (Wildman–Crippen LogP) is 1.79. The first kappa shape index (κ1) is 11.3. The molecule has 0 bridgehead atoms. The summed E-state index contributed by atoms with van der Waals surface area (Å²) in [5.74, 6) is 0.991. The third-order valence-corrected chi connectivity index (χ3v) is 3.11. The summed E-state index contributed by atoms with van der Waals surface area (Å²) in [6, 6.07) is 0. The van der Waals surface area contributed by atoms with Gasteiger partial charge in [-0.05, 0) is 25.7 Å². The Morgan fingerprint density at radius 2 is 2.00 bits per heavy atom. The van der Waals surface area contributed by atoms with Gasteiger partial charge in [0.15, 0.2) is 0 Å². The van der Waals surface area contributed by atoms with Gasteiger partial charge in [0.05, 0.1) is 5.69 Å². The third kappa shape index (κ3) is 1.77. The van der Waals surface area contributed by atoms with E-state index >= 15 is 0 Å². The van der Waals surface area contributed by atoms with Gasteiger partial charge in [0.25, 0.3) is 5.56 Å². The summed E-state index contributed by atoms with van der Waals surface area (Å²) in [5.41, 5.74) is 7.49. The summed E-state index contributed by atoms with van der Waals surface area (Å²) >= 11 is 0. The van der Waals surface area contributed by atoms with Crippen LogP contribution in [0.15, 0.2) is 4.79 Å². The second-order valence-electron chi connectivity index (χ2n) is 5.07. The Hall–Kier alpha value is -1.19. The fourth-order valence-corrected chi connectivity index (χ4v) is 2.28. The molecule has 1 aliphatic rings. The molecule has 16 heavy (non-hydrogen) atoms. The van der Waals surface area contributed by atoms with Crippen LogP contribution in [0.3, 0.4) is 0 Å². The lowest BCUT2D eigenvalue weighted by atomic mass is 10.2. The summed E-state index contributed by atoms with van der Waals surface area (Å²) < 4.78 is 3.89. The molecule has 2 N–H and O–H groups in total. The van der Waals surface area contributed by atoms with Crippen molar-refractivity contribution >= 4 is 5.69 Å². The average Bonchev–Trinajstić information content (AvgIpc) is 3.01. The molecule has 0 radical (unpaired) electrons. The fourth-order valence-electron chi connectivity index (χ4n) is 2.28. The normalized spacial score (nSPS) is 16.0. The van der Waals surface area contributed by atoms with Gasteiger partial charge in [-0.2, -0.15) is 0 Å². The molecule has 0 aliphatic heterocycles. The minimum absolute atomic E-state index is 0.00236. The largest absolute Gasteiger partial charge is 0.393 e. The van der Waals surface area contributed by atoms with E-state index in [9.17, 15) is 4.79 Å². The molecule has 0 saturated heterocycles. The van der Waals surface area contributed by atoms with Crippen LogP contribution in [0.1, 0.15) is 45.2 Å². The number of nitrogen functional groups attached to an aromatic ring is 1. The minimum atomic E-state index is -0.00236. The maximum atomic E-state index is 12.1. The maximum absolute atomic E-state index is 12.1. The van der Waals surface area contributed by atoms with E-state index in [1.54, 1.807) is 0 Å². The van der Waals surface area contributed by atoms with Crippen LogP contribution in [0.5, 0.6) is 0 Å². The molecule has 0 aromatic carbocycles. The van der Waals surface area contributed by atoms with E-state index < -0.39 is 0 Å². The van der Waals surface area contributed by atoms with Gasteiger partial charge < -0.3 is 5.73 Å². The van der Waals surface area contributed by atoms with Gasteiger partial charge in [0, 0.05) is 19.0 Å². The summed E-state index contributed by atoms with van der Waals surface area (Å²) in [6.45, 7) is 7.88. The molecule has 90 valence electrons. The van der Waals surface area contributed by atoms with Gasteiger partial charge in [0.2, 0.25) is 0 Å². The van der Waals surface area contributed by atoms with Gasteiger partial charge in [0.1, 0.15) is 5.69 Å². The number of hydrogen-bond acceptors (Lipinski definition) is 2. The van der Waals surface area contributed by atoms with Crippen molar-refractivity contribution in [3.63, 3.8) is 0 Å². The number of nitrogens with two attached hydrogens (primary N) is 1. The van der Waals surface area contributed by atoms with Crippen LogP contribution in [0.25, 0.3) is 0 Å². The standard InChI is InChI=1S/C12H21N3O/c1-4-14-11(9-5-6-9)10(13)12(16)15(14)7-8(2)3/h8-9H,4-7,13H2,1-3H3. The molecule has 1 aromatic rings. The van der Waals surface area contributed by atoms with E-state index in [1.165, 1.54) is 12.8 Å². The van der Waals surface area contributed by atoms with Crippen LogP contribution in [0, 0.1) is 5.92 Å². The quantitative estimate of drug-likeness (QED) is 0.846. The van der Waals surface area contributed by atoms with E-state index in [0.29, 0.717) is 17.5 Å². The minimum Gasteiger partial charge on any atom is -0.393 e. The van der Waals surface area contributed by atoms with Crippen molar-refractivity contribution in [1.29, 1.82) is 0 Å². The molecule has 2 rings (SSSR count). The maximum Gasteiger partial charge on any atom is 0.290 e. The van der Waals surface area contributed by atoms with E-state index in [4.69, 9.17) is 5.73 Å². The van der Waals surface area contributed by atoms with Crippen LogP contribution >= 0.6 is 0 Å². The van der Waals surface area contributed by atoms with Crippen LogP contribution in [0.4, 0.5) is 5.69 Å². The van der Waals surface area contributed by atoms with Crippen molar-refractivity contribution in [2.75, 3.05) is 5.73 Å². The number of hydrogen-bond donors (Lipinski definition) is 1. The number of nitrogens with zero attached hydrogens (tertiary/aromatic N) is 2. The first-order chi connectivity index (χ1) is 7.56. The zero-order valence-corrected chi connectivity index (χ0v) is 10.4. The molecule has 0 amide bonds. The van der Waals surface area contributed by atoms with Crippen molar-refractivity contribution in [1.82, 2.24) is 9.36 Å². The van der Waals surface area contributed by atoms with Crippen molar-refractivity contribution in [2.24, 2.45) is 5.92 Å². The van der Waals surface area contributed by atoms with Gasteiger partial charge in [-0.15, -0.1) is 0 Å². The van der Waals surface area contributed by atoms with Gasteiger partial charge in [-0.3, -0.25) is 9.48 Å². The summed E-state index contributed by atoms with van der Waals surface area (Å²) in [4.78, 5) is 12.1.